The van der Waals surface area contributed by atoms with Crippen LogP contribution in [0, 0.1) is 5.82 Å². The van der Waals surface area contributed by atoms with E-state index in [9.17, 15) is 0 Å². The van der Waals surface area contributed by atoms with Crippen LogP contribution in [0.3, 0.4) is 0 Å². The van der Waals surface area contributed by atoms with Crippen LogP contribution in [-0.4, -0.2) is 46.1 Å². The number of H-pyrrole nitrogens is 2. The topological polar surface area (TPSA) is 121 Å². The van der Waals surface area contributed by atoms with Gasteiger partial charge in [0.25, 0.3) is 0 Å². The monoisotopic (exact) mass is 465 g/mol. The number of imidazole rings is 1. The molecule has 0 saturated carbocycles. The minimum atomic E-state index is -0.499. The zero-order chi connectivity index (χ0) is 23.9. The molecule has 172 valence electrons. The van der Waals surface area contributed by atoms with E-state index < -0.39 is 5.82 Å². The molecule has 0 aliphatic rings. The molecule has 0 atom stereocenters. The molecule has 0 spiro atoms. The summed E-state index contributed by atoms with van der Waals surface area (Å²) < 4.78 is 15.9. The lowest BCUT2D eigenvalue weighted by Crippen LogP contribution is -2.09. The minimum absolute atomic E-state index is 0.189. The van der Waals surface area contributed by atoms with Crippen molar-refractivity contribution in [3.8, 4) is 34.0 Å². The number of hydrogen-bond acceptors (Lipinski definition) is 7. The highest BCUT2D eigenvalue weighted by atomic mass is 19.1. The zero-order valence-corrected chi connectivity index (χ0v) is 18.9. The highest BCUT2D eigenvalue weighted by Gasteiger charge is 2.21. The second-order valence-corrected chi connectivity index (χ2v) is 8.43. The predicted molar refractivity (Wildman–Crippen MR) is 132 cm³/mol. The Hall–Kier alpha value is -4.73. The van der Waals surface area contributed by atoms with Crippen molar-refractivity contribution in [3.63, 3.8) is 0 Å². The molecule has 0 bridgehead atoms. The van der Waals surface area contributed by atoms with Crippen LogP contribution in [0.2, 0.25) is 0 Å². The van der Waals surface area contributed by atoms with Crippen LogP contribution < -0.4 is 5.32 Å². The van der Waals surface area contributed by atoms with Gasteiger partial charge in [-0.2, -0.15) is 5.10 Å². The Kier molecular flexibility index (Phi) is 4.91. The summed E-state index contributed by atoms with van der Waals surface area (Å²) in [6.07, 6.45) is 9.99. The number of nitrogens with one attached hydrogen (secondary N) is 3. The van der Waals surface area contributed by atoms with E-state index in [1.54, 1.807) is 37.2 Å². The fourth-order valence-electron chi connectivity index (χ4n) is 4.09. The van der Waals surface area contributed by atoms with Gasteiger partial charge in [-0.3, -0.25) is 25.0 Å². The number of nitrogens with zero attached hydrogens (tertiary/aromatic N) is 6. The van der Waals surface area contributed by atoms with E-state index in [4.69, 9.17) is 4.98 Å². The SMILES string of the molecule is CC(C)Nc1cncc(-c2ncc3[nH]nc(-c4nc5c(-c6cccnc6)nccc5[nH]4)c3c2F)c1. The van der Waals surface area contributed by atoms with E-state index in [0.717, 1.165) is 16.8 Å². The van der Waals surface area contributed by atoms with Crippen LogP contribution >= 0.6 is 0 Å². The molecule has 6 heterocycles. The van der Waals surface area contributed by atoms with E-state index in [1.807, 2.05) is 38.1 Å². The average Bonchev–Trinajstić information content (AvgIpc) is 3.49. The van der Waals surface area contributed by atoms with Gasteiger partial charge in [-0.25, -0.2) is 9.37 Å². The van der Waals surface area contributed by atoms with Gasteiger partial charge in [-0.15, -0.1) is 0 Å². The summed E-state index contributed by atoms with van der Waals surface area (Å²) in [7, 11) is 0. The van der Waals surface area contributed by atoms with Crippen molar-refractivity contribution in [1.29, 1.82) is 0 Å². The number of fused-ring (bicyclic) bond motifs is 2. The maximum atomic E-state index is 15.9. The smallest absolute Gasteiger partial charge is 0.161 e. The van der Waals surface area contributed by atoms with Gasteiger partial charge in [-0.1, -0.05) is 0 Å². The van der Waals surface area contributed by atoms with Gasteiger partial charge < -0.3 is 10.3 Å². The molecule has 3 N–H and O–H groups in total. The lowest BCUT2D eigenvalue weighted by atomic mass is 10.1. The largest absolute Gasteiger partial charge is 0.382 e. The third kappa shape index (κ3) is 3.65. The Morgan fingerprint density at radius 1 is 0.886 bits per heavy atom. The van der Waals surface area contributed by atoms with Crippen molar-refractivity contribution in [2.75, 3.05) is 5.32 Å². The van der Waals surface area contributed by atoms with Crippen LogP contribution in [-0.2, 0) is 0 Å². The molecule has 9 nitrogen and oxygen atoms in total. The maximum Gasteiger partial charge on any atom is 0.161 e. The molecular weight excluding hydrogens is 445 g/mol. The average molecular weight is 465 g/mol. The molecule has 0 aliphatic heterocycles. The van der Waals surface area contributed by atoms with Gasteiger partial charge in [0, 0.05) is 48.2 Å². The van der Waals surface area contributed by atoms with Gasteiger partial charge in [0.1, 0.15) is 16.9 Å². The number of aromatic nitrogens is 8. The number of rotatable bonds is 5. The van der Waals surface area contributed by atoms with Crippen molar-refractivity contribution < 1.29 is 4.39 Å². The summed E-state index contributed by atoms with van der Waals surface area (Å²) in [5.74, 6) is -0.0744. The number of pyridine rings is 4. The van der Waals surface area contributed by atoms with Crippen LogP contribution in [0.4, 0.5) is 10.1 Å². The summed E-state index contributed by atoms with van der Waals surface area (Å²) in [6.45, 7) is 4.05. The quantitative estimate of drug-likeness (QED) is 0.328. The van der Waals surface area contributed by atoms with Gasteiger partial charge in [0.05, 0.1) is 34.0 Å². The van der Waals surface area contributed by atoms with Crippen molar-refractivity contribution in [3.05, 3.63) is 67.3 Å². The van der Waals surface area contributed by atoms with Crippen LogP contribution in [0.1, 0.15) is 13.8 Å². The van der Waals surface area contributed by atoms with Crippen molar-refractivity contribution in [2.24, 2.45) is 0 Å². The van der Waals surface area contributed by atoms with E-state index >= 15 is 4.39 Å². The summed E-state index contributed by atoms with van der Waals surface area (Å²) in [6, 6.07) is 7.63. The molecular formula is C25H20FN9. The van der Waals surface area contributed by atoms with Crippen molar-refractivity contribution in [2.45, 2.75) is 19.9 Å². The first kappa shape index (κ1) is 20.8. The number of anilines is 1. The minimum Gasteiger partial charge on any atom is -0.382 e. The molecule has 0 fully saturated rings. The second-order valence-electron chi connectivity index (χ2n) is 8.43. The van der Waals surface area contributed by atoms with Gasteiger partial charge in [0.2, 0.25) is 0 Å². The Morgan fingerprint density at radius 3 is 2.60 bits per heavy atom. The summed E-state index contributed by atoms with van der Waals surface area (Å²) in [5.41, 5.74) is 5.30. The number of aromatic amines is 2. The van der Waals surface area contributed by atoms with Crippen molar-refractivity contribution >= 4 is 27.6 Å². The Labute approximate surface area is 198 Å². The summed E-state index contributed by atoms with van der Waals surface area (Å²) in [5, 5.41) is 10.8. The van der Waals surface area contributed by atoms with E-state index in [0.29, 0.717) is 39.2 Å². The molecule has 6 aromatic heterocycles. The Bertz CT molecular complexity index is 1670. The molecule has 0 radical (unpaired) electrons. The normalized spacial score (nSPS) is 11.5. The van der Waals surface area contributed by atoms with Crippen molar-refractivity contribution in [1.82, 2.24) is 40.1 Å². The molecule has 0 aliphatic carbocycles. The number of hydrogen-bond donors (Lipinski definition) is 3. The fraction of sp³-hybridized carbons (Fsp3) is 0.120. The number of halogens is 1. The van der Waals surface area contributed by atoms with E-state index in [-0.39, 0.29) is 11.7 Å². The Morgan fingerprint density at radius 2 is 1.77 bits per heavy atom. The predicted octanol–water partition coefficient (Wildman–Crippen LogP) is 4.98. The van der Waals surface area contributed by atoms with Crippen LogP contribution in [0.25, 0.3) is 56.0 Å². The third-order valence-electron chi connectivity index (χ3n) is 5.57. The Balaban J connectivity index is 1.49. The van der Waals surface area contributed by atoms with Gasteiger partial charge in [0.15, 0.2) is 11.6 Å². The van der Waals surface area contributed by atoms with E-state index in [1.165, 1.54) is 0 Å². The highest BCUT2D eigenvalue weighted by molar-refractivity contribution is 5.97. The second kappa shape index (κ2) is 8.24. The fourth-order valence-corrected chi connectivity index (χ4v) is 4.09. The van der Waals surface area contributed by atoms with Gasteiger partial charge >= 0.3 is 0 Å². The first-order chi connectivity index (χ1) is 17.1. The first-order valence-electron chi connectivity index (χ1n) is 11.1. The first-order valence-corrected chi connectivity index (χ1v) is 11.1. The van der Waals surface area contributed by atoms with Crippen LogP contribution in [0.15, 0.2) is 61.4 Å². The van der Waals surface area contributed by atoms with Gasteiger partial charge in [-0.05, 0) is 38.1 Å². The highest BCUT2D eigenvalue weighted by Crippen LogP contribution is 2.34. The van der Waals surface area contributed by atoms with Crippen LogP contribution in [0.5, 0.6) is 0 Å². The molecule has 6 aromatic rings. The lowest BCUT2D eigenvalue weighted by Gasteiger charge is -2.11. The molecule has 6 rings (SSSR count). The molecule has 0 amide bonds. The summed E-state index contributed by atoms with van der Waals surface area (Å²) in [4.78, 5) is 25.2. The lowest BCUT2D eigenvalue weighted by molar-refractivity contribution is 0.638. The molecule has 0 saturated heterocycles. The summed E-state index contributed by atoms with van der Waals surface area (Å²) >= 11 is 0. The molecule has 0 aromatic carbocycles. The maximum absolute atomic E-state index is 15.9. The molecule has 10 heteroatoms. The zero-order valence-electron chi connectivity index (χ0n) is 18.9. The third-order valence-corrected chi connectivity index (χ3v) is 5.57. The standard InChI is InChI=1S/C25H20FN9/c1-13(2)31-16-8-15(10-28-11-16)21-20(26)19-18(12-30-21)34-35-24(19)25-32-17-5-7-29-22(23(17)33-25)14-4-3-6-27-9-14/h3-13,31H,1-2H3,(H,32,33)(H,34,35). The molecule has 0 unspecified atom stereocenters. The van der Waals surface area contributed by atoms with E-state index in [2.05, 4.69) is 40.4 Å². The molecule has 35 heavy (non-hydrogen) atoms.